The van der Waals surface area contributed by atoms with Gasteiger partial charge in [-0.2, -0.15) is 10.6 Å². The highest BCUT2D eigenvalue weighted by atomic mass is 32.3. The monoisotopic (exact) mass is 487 g/mol. The summed E-state index contributed by atoms with van der Waals surface area (Å²) in [6.45, 7) is 5.17. The highest BCUT2D eigenvalue weighted by molar-refractivity contribution is 8.26. The van der Waals surface area contributed by atoms with Crippen molar-refractivity contribution in [3.8, 4) is 17.7 Å². The molecule has 1 amide bonds. The van der Waals surface area contributed by atoms with Crippen LogP contribution in [0.1, 0.15) is 49.7 Å². The lowest BCUT2D eigenvalue weighted by Gasteiger charge is -2.54. The van der Waals surface area contributed by atoms with Gasteiger partial charge in [-0.1, -0.05) is 5.92 Å². The number of hydrogen-bond acceptors (Lipinski definition) is 8. The molecule has 0 spiro atoms. The first-order valence-electron chi connectivity index (χ1n) is 10.6. The van der Waals surface area contributed by atoms with Crippen molar-refractivity contribution in [2.24, 2.45) is 10.7 Å². The molecule has 2 bridgehead atoms. The van der Waals surface area contributed by atoms with Crippen molar-refractivity contribution in [2.75, 3.05) is 11.9 Å². The minimum Gasteiger partial charge on any atom is -0.463 e. The maximum Gasteiger partial charge on any atom is 0.275 e. The van der Waals surface area contributed by atoms with E-state index < -0.39 is 37.9 Å². The molecule has 9 nitrogen and oxygen atoms in total. The van der Waals surface area contributed by atoms with E-state index in [1.807, 2.05) is 0 Å². The molecule has 0 unspecified atom stereocenters. The summed E-state index contributed by atoms with van der Waals surface area (Å²) in [6.07, 6.45) is 3.46. The molecule has 1 saturated heterocycles. The van der Waals surface area contributed by atoms with E-state index in [9.17, 15) is 13.9 Å². The number of ether oxygens (including phenoxy) is 1. The fraction of sp³-hybridized carbons (Fsp3) is 0.391. The molecule has 3 atom stereocenters. The van der Waals surface area contributed by atoms with Gasteiger partial charge in [-0.3, -0.25) is 18.9 Å². The van der Waals surface area contributed by atoms with Crippen LogP contribution in [0.2, 0.25) is 0 Å². The zero-order chi connectivity index (χ0) is 24.7. The summed E-state index contributed by atoms with van der Waals surface area (Å²) in [5, 5.41) is 1.97. The Kier molecular flexibility index (Phi) is 6.01. The summed E-state index contributed by atoms with van der Waals surface area (Å²) in [4.78, 5) is 25.3. The van der Waals surface area contributed by atoms with E-state index in [1.165, 1.54) is 30.6 Å². The van der Waals surface area contributed by atoms with E-state index in [4.69, 9.17) is 10.5 Å². The van der Waals surface area contributed by atoms with Gasteiger partial charge >= 0.3 is 0 Å². The number of anilines is 1. The Morgan fingerprint density at radius 1 is 1.35 bits per heavy atom. The Hall–Kier alpha value is -3.20. The fourth-order valence-corrected chi connectivity index (χ4v) is 7.13. The van der Waals surface area contributed by atoms with Gasteiger partial charge in [0.05, 0.1) is 17.6 Å². The zero-order valence-electron chi connectivity index (χ0n) is 19.0. The summed E-state index contributed by atoms with van der Waals surface area (Å²) < 4.78 is 41.3. The van der Waals surface area contributed by atoms with Crippen molar-refractivity contribution >= 4 is 28.0 Å². The lowest BCUT2D eigenvalue weighted by Crippen LogP contribution is -2.53. The summed E-state index contributed by atoms with van der Waals surface area (Å²) in [5.41, 5.74) is 5.30. The van der Waals surface area contributed by atoms with E-state index >= 15 is 4.39 Å². The van der Waals surface area contributed by atoms with Crippen LogP contribution in [0.4, 0.5) is 10.1 Å². The fourth-order valence-electron chi connectivity index (χ4n) is 4.47. The summed E-state index contributed by atoms with van der Waals surface area (Å²) >= 11 is 0. The molecule has 11 heteroatoms. The third kappa shape index (κ3) is 3.77. The average Bonchev–Trinajstić information content (AvgIpc) is 2.98. The number of amidine groups is 1. The standard InChI is InChI=1S/C23H26FN5O4S/c1-4-5-10-33-19-13-26-17(12-27-19)20(30)28-14-6-7-16(24)15(11-14)23(3)18-8-9-22(2,21(25)29-23)34(18,31)32/h6-7,11-13,18,31-32H,8-10H2,1-3H3,(H2,25,29)(H,28,30)/t18-,22+,23+/m0/s1. The topological polar surface area (TPSA) is 143 Å². The first-order valence-corrected chi connectivity index (χ1v) is 12.2. The summed E-state index contributed by atoms with van der Waals surface area (Å²) in [7, 11) is -3.19. The number of nitrogens with two attached hydrogens (primary N) is 1. The third-order valence-corrected chi connectivity index (χ3v) is 9.79. The molecule has 1 fully saturated rings. The van der Waals surface area contributed by atoms with Crippen LogP contribution in [0.25, 0.3) is 0 Å². The van der Waals surface area contributed by atoms with E-state index in [0.29, 0.717) is 18.5 Å². The van der Waals surface area contributed by atoms with E-state index in [0.717, 1.165) is 0 Å². The molecule has 0 saturated carbocycles. The average molecular weight is 488 g/mol. The number of nitrogens with zero attached hydrogens (tertiary/aromatic N) is 3. The molecule has 1 aromatic carbocycles. The van der Waals surface area contributed by atoms with Gasteiger partial charge in [0.15, 0.2) is 6.61 Å². The summed E-state index contributed by atoms with van der Waals surface area (Å²) in [6, 6.07) is 4.05. The van der Waals surface area contributed by atoms with Crippen LogP contribution in [0.15, 0.2) is 35.6 Å². The number of amides is 1. The van der Waals surface area contributed by atoms with Gasteiger partial charge in [-0.25, -0.2) is 14.4 Å². The first-order chi connectivity index (χ1) is 16.0. The number of fused-ring (bicyclic) bond motifs is 2. The Morgan fingerprint density at radius 3 is 2.79 bits per heavy atom. The minimum absolute atomic E-state index is 0.0340. The van der Waals surface area contributed by atoms with Crippen LogP contribution in [-0.2, 0) is 5.54 Å². The van der Waals surface area contributed by atoms with Gasteiger partial charge in [-0.05, 0) is 51.8 Å². The number of benzene rings is 1. The lowest BCUT2D eigenvalue weighted by molar-refractivity contribution is 0.102. The molecule has 3 heterocycles. The van der Waals surface area contributed by atoms with Crippen LogP contribution < -0.4 is 15.8 Å². The molecule has 4 rings (SSSR count). The second kappa shape index (κ2) is 8.54. The van der Waals surface area contributed by atoms with E-state index in [-0.39, 0.29) is 29.6 Å². The third-order valence-electron chi connectivity index (χ3n) is 6.56. The Labute approximate surface area is 198 Å². The Bertz CT molecular complexity index is 1230. The minimum atomic E-state index is -3.19. The van der Waals surface area contributed by atoms with Crippen molar-refractivity contribution in [1.82, 2.24) is 9.97 Å². The van der Waals surface area contributed by atoms with Crippen LogP contribution in [0, 0.1) is 17.7 Å². The van der Waals surface area contributed by atoms with E-state index in [2.05, 4.69) is 32.1 Å². The number of carbonyl (C=O) groups excluding carboxylic acids is 1. The molecule has 5 N–H and O–H groups in total. The second-order valence-corrected chi connectivity index (χ2v) is 11.3. The van der Waals surface area contributed by atoms with Crippen LogP contribution in [-0.4, -0.2) is 47.4 Å². The van der Waals surface area contributed by atoms with Crippen LogP contribution in [0.3, 0.4) is 0 Å². The predicted molar refractivity (Wildman–Crippen MR) is 129 cm³/mol. The van der Waals surface area contributed by atoms with Crippen LogP contribution in [0.5, 0.6) is 5.88 Å². The number of aromatic nitrogens is 2. The normalized spacial score (nSPS) is 27.7. The molecule has 2 aromatic rings. The number of rotatable bonds is 5. The quantitative estimate of drug-likeness (QED) is 0.473. The van der Waals surface area contributed by atoms with Crippen molar-refractivity contribution in [3.63, 3.8) is 0 Å². The largest absolute Gasteiger partial charge is 0.463 e. The van der Waals surface area contributed by atoms with Gasteiger partial charge in [0.1, 0.15) is 27.6 Å². The Morgan fingerprint density at radius 2 is 2.12 bits per heavy atom. The van der Waals surface area contributed by atoms with Gasteiger partial charge in [-0.15, -0.1) is 5.92 Å². The molecular weight excluding hydrogens is 461 g/mol. The Balaban J connectivity index is 1.60. The van der Waals surface area contributed by atoms with Gasteiger partial charge in [0, 0.05) is 11.3 Å². The van der Waals surface area contributed by atoms with Gasteiger partial charge in [0.2, 0.25) is 5.88 Å². The number of nitrogens with one attached hydrogen (secondary N) is 1. The molecule has 2 aliphatic heterocycles. The number of aliphatic imine (C=N–C) groups is 1. The number of carbonyl (C=O) groups is 1. The van der Waals surface area contributed by atoms with Crippen molar-refractivity contribution < 1.29 is 23.0 Å². The number of hydrogen-bond donors (Lipinski definition) is 4. The lowest BCUT2D eigenvalue weighted by atomic mass is 9.86. The number of halogens is 1. The molecule has 1 aromatic heterocycles. The maximum absolute atomic E-state index is 15.0. The molecule has 2 aliphatic rings. The molecule has 0 radical (unpaired) electrons. The van der Waals surface area contributed by atoms with Gasteiger partial charge < -0.3 is 15.8 Å². The molecule has 34 heavy (non-hydrogen) atoms. The van der Waals surface area contributed by atoms with Crippen molar-refractivity contribution in [3.05, 3.63) is 47.7 Å². The maximum atomic E-state index is 15.0. The highest BCUT2D eigenvalue weighted by Crippen LogP contribution is 2.71. The molecular formula is C23H26FN5O4S. The predicted octanol–water partition coefficient (Wildman–Crippen LogP) is 3.53. The second-order valence-electron chi connectivity index (χ2n) is 8.60. The first kappa shape index (κ1) is 23.9. The highest BCUT2D eigenvalue weighted by Gasteiger charge is 2.62. The van der Waals surface area contributed by atoms with Crippen molar-refractivity contribution in [2.45, 2.75) is 49.1 Å². The van der Waals surface area contributed by atoms with E-state index in [1.54, 1.807) is 20.8 Å². The summed E-state index contributed by atoms with van der Waals surface area (Å²) in [5.74, 6) is 4.61. The molecule has 180 valence electrons. The SMILES string of the molecule is CC#CCOc1cnc(C(=O)Nc2ccc(F)c([C@@]3(C)N=C(N)[C@@]4(C)CC[C@@H]3S4(O)O)c2)cn1. The van der Waals surface area contributed by atoms with Gasteiger partial charge in [0.25, 0.3) is 5.91 Å². The smallest absolute Gasteiger partial charge is 0.275 e. The van der Waals surface area contributed by atoms with Crippen LogP contribution >= 0.6 is 10.6 Å². The van der Waals surface area contributed by atoms with Crippen molar-refractivity contribution in [1.29, 1.82) is 0 Å². The molecule has 0 aliphatic carbocycles. The zero-order valence-corrected chi connectivity index (χ0v) is 19.8.